The van der Waals surface area contributed by atoms with E-state index in [1.807, 2.05) is 91.0 Å². The van der Waals surface area contributed by atoms with Gasteiger partial charge in [-0.1, -0.05) is 0 Å². The second-order valence-electron chi connectivity index (χ2n) is 7.52. The fourth-order valence-corrected chi connectivity index (χ4v) is 14.4. The van der Waals surface area contributed by atoms with Crippen molar-refractivity contribution in [1.29, 1.82) is 0 Å². The Hall–Kier alpha value is -3.46. The number of benzene rings is 4. The third-order valence-electron chi connectivity index (χ3n) is 5.42. The summed E-state index contributed by atoms with van der Waals surface area (Å²) in [6.07, 6.45) is 1.22. The molecule has 0 fully saturated rings. The van der Waals surface area contributed by atoms with E-state index in [9.17, 15) is 26.7 Å². The molecular weight excluding hydrogens is 570 g/mol. The third kappa shape index (κ3) is 4.73. The Balaban J connectivity index is 1.83. The van der Waals surface area contributed by atoms with Gasteiger partial charge in [-0.15, -0.1) is 0 Å². The van der Waals surface area contributed by atoms with Gasteiger partial charge in [0.2, 0.25) is 0 Å². The average Bonchev–Trinajstić information content (AvgIpc) is 2.91. The second kappa shape index (κ2) is 10.4. The van der Waals surface area contributed by atoms with Crippen molar-refractivity contribution in [3.8, 4) is 0 Å². The second-order valence-corrected chi connectivity index (χ2v) is 16.9. The van der Waals surface area contributed by atoms with Crippen LogP contribution in [0.5, 0.6) is 0 Å². The van der Waals surface area contributed by atoms with E-state index in [2.05, 4.69) is 0 Å². The van der Waals surface area contributed by atoms with Crippen LogP contribution in [0.3, 0.4) is 0 Å². The predicted octanol–water partition coefficient (Wildman–Crippen LogP) is 4.61. The summed E-state index contributed by atoms with van der Waals surface area (Å²) in [5.74, 6) is -11.5. The third-order valence-corrected chi connectivity index (χ3v) is 16.7. The molecule has 0 spiro atoms. The van der Waals surface area contributed by atoms with Crippen LogP contribution in [0.4, 0.5) is 22.0 Å². The first-order valence-corrected chi connectivity index (χ1v) is 15.9. The van der Waals surface area contributed by atoms with E-state index in [0.29, 0.717) is 12.2 Å². The van der Waals surface area contributed by atoms with E-state index in [1.54, 1.807) is 0 Å². The van der Waals surface area contributed by atoms with Crippen molar-refractivity contribution in [2.24, 2.45) is 0 Å². The van der Waals surface area contributed by atoms with E-state index in [0.717, 1.165) is 10.7 Å². The molecule has 0 aliphatic carbocycles. The molecule has 0 saturated carbocycles. The molecule has 0 atom stereocenters. The van der Waals surface area contributed by atoms with Crippen LogP contribution >= 0.6 is 0 Å². The van der Waals surface area contributed by atoms with Crippen LogP contribution in [0, 0.1) is 29.1 Å². The van der Waals surface area contributed by atoms with Gasteiger partial charge < -0.3 is 0 Å². The average molecular weight is 587 g/mol. The molecule has 0 N–H and O–H groups in total. The standard InChI is InChI=1S/C9H3F5O2.3C6H5.Sn/c10-5-3(1-2-4(15)16)6(11)8(13)9(14)7(5)12;3*1-2-4-6-5-3-1;/h1-2H,(H,15,16);3*1-5H;/q;;;;+1/p-1/b2-1+;;;;. The first-order chi connectivity index (χ1) is 16.9. The number of carbonyl (C=O) groups excluding carboxylic acids is 1. The van der Waals surface area contributed by atoms with Gasteiger partial charge in [0, 0.05) is 0 Å². The Bertz CT molecular complexity index is 1250. The summed E-state index contributed by atoms with van der Waals surface area (Å²) >= 11 is -4.51. The van der Waals surface area contributed by atoms with Crippen LogP contribution in [-0.2, 0) is 7.87 Å². The zero-order valence-electron chi connectivity index (χ0n) is 18.0. The van der Waals surface area contributed by atoms with Gasteiger partial charge in [0.25, 0.3) is 0 Å². The summed E-state index contributed by atoms with van der Waals surface area (Å²) in [5.41, 5.74) is -1.22. The van der Waals surface area contributed by atoms with Gasteiger partial charge in [-0.2, -0.15) is 0 Å². The van der Waals surface area contributed by atoms with Crippen molar-refractivity contribution in [2.45, 2.75) is 0 Å². The van der Waals surface area contributed by atoms with E-state index in [1.165, 1.54) is 0 Å². The SMILES string of the molecule is O=C(/C=C/c1c(F)c(F)c(F)c(F)c1F)[O][Sn]([c]1ccccc1)([c]1ccccc1)[c]1ccccc1. The molecule has 2 nitrogen and oxygen atoms in total. The van der Waals surface area contributed by atoms with Crippen molar-refractivity contribution in [2.75, 3.05) is 0 Å². The van der Waals surface area contributed by atoms with Crippen molar-refractivity contribution in [1.82, 2.24) is 0 Å². The van der Waals surface area contributed by atoms with Gasteiger partial charge in [0.1, 0.15) is 0 Å². The fraction of sp³-hybridized carbons (Fsp3) is 0. The molecule has 4 rings (SSSR count). The van der Waals surface area contributed by atoms with Gasteiger partial charge >= 0.3 is 203 Å². The molecule has 35 heavy (non-hydrogen) atoms. The van der Waals surface area contributed by atoms with Crippen molar-refractivity contribution in [3.63, 3.8) is 0 Å². The first kappa shape index (κ1) is 24.7. The van der Waals surface area contributed by atoms with Gasteiger partial charge in [-0.05, 0) is 0 Å². The number of hydrogen-bond acceptors (Lipinski definition) is 2. The van der Waals surface area contributed by atoms with E-state index < -0.39 is 59.4 Å². The zero-order chi connectivity index (χ0) is 25.0. The van der Waals surface area contributed by atoms with Gasteiger partial charge in [-0.3, -0.25) is 0 Å². The number of carbonyl (C=O) groups is 1. The molecular formula is C27H17F5O2Sn. The summed E-state index contributed by atoms with van der Waals surface area (Å²) in [5, 5.41) is 0. The molecule has 0 saturated heterocycles. The predicted molar refractivity (Wildman–Crippen MR) is 125 cm³/mol. The van der Waals surface area contributed by atoms with Gasteiger partial charge in [-0.25, -0.2) is 0 Å². The van der Waals surface area contributed by atoms with E-state index in [-0.39, 0.29) is 0 Å². The molecule has 4 aromatic rings. The normalized spacial score (nSPS) is 11.6. The Kier molecular flexibility index (Phi) is 7.35. The van der Waals surface area contributed by atoms with Crippen LogP contribution < -0.4 is 10.7 Å². The number of hydrogen-bond donors (Lipinski definition) is 0. The van der Waals surface area contributed by atoms with Gasteiger partial charge in [0.15, 0.2) is 0 Å². The Morgan fingerprint density at radius 2 is 0.914 bits per heavy atom. The topological polar surface area (TPSA) is 26.3 Å². The minimum absolute atomic E-state index is 0.538. The summed E-state index contributed by atoms with van der Waals surface area (Å²) in [7, 11) is 0. The fourth-order valence-electron chi connectivity index (χ4n) is 3.80. The molecule has 8 heteroatoms. The number of halogens is 5. The monoisotopic (exact) mass is 588 g/mol. The molecule has 4 aromatic carbocycles. The first-order valence-electron chi connectivity index (χ1n) is 10.5. The van der Waals surface area contributed by atoms with Crippen LogP contribution in [0.2, 0.25) is 0 Å². The summed E-state index contributed by atoms with van der Waals surface area (Å²) < 4.78 is 77.1. The summed E-state index contributed by atoms with van der Waals surface area (Å²) in [4.78, 5) is 13.0. The van der Waals surface area contributed by atoms with E-state index >= 15 is 0 Å². The zero-order valence-corrected chi connectivity index (χ0v) is 20.9. The van der Waals surface area contributed by atoms with Gasteiger partial charge in [0.05, 0.1) is 0 Å². The number of rotatable bonds is 6. The summed E-state index contributed by atoms with van der Waals surface area (Å²) in [6, 6.07) is 27.4. The van der Waals surface area contributed by atoms with Crippen LogP contribution in [0.1, 0.15) is 5.56 Å². The Morgan fingerprint density at radius 3 is 1.29 bits per heavy atom. The Labute approximate surface area is 202 Å². The van der Waals surface area contributed by atoms with Crippen LogP contribution in [0.15, 0.2) is 97.1 Å². The molecule has 0 unspecified atom stereocenters. The molecule has 0 heterocycles. The summed E-state index contributed by atoms with van der Waals surface area (Å²) in [6.45, 7) is 0. The maximum absolute atomic E-state index is 14.1. The molecule has 0 radical (unpaired) electrons. The maximum atomic E-state index is 14.1. The molecule has 0 aliphatic heterocycles. The molecule has 0 aromatic heterocycles. The quantitative estimate of drug-likeness (QED) is 0.108. The molecule has 0 amide bonds. The van der Waals surface area contributed by atoms with Crippen molar-refractivity contribution in [3.05, 3.63) is 132 Å². The van der Waals surface area contributed by atoms with E-state index in [4.69, 9.17) is 3.07 Å². The molecule has 176 valence electrons. The Morgan fingerprint density at radius 1 is 0.571 bits per heavy atom. The molecule has 0 bridgehead atoms. The molecule has 0 aliphatic rings. The van der Waals surface area contributed by atoms with Crippen LogP contribution in [0.25, 0.3) is 6.08 Å². The van der Waals surface area contributed by atoms with Crippen LogP contribution in [-0.4, -0.2) is 24.8 Å². The minimum atomic E-state index is -4.51. The van der Waals surface area contributed by atoms with Crippen molar-refractivity contribution < 1.29 is 29.8 Å². The van der Waals surface area contributed by atoms with Crippen molar-refractivity contribution >= 4 is 41.6 Å².